The summed E-state index contributed by atoms with van der Waals surface area (Å²) in [5, 5.41) is 0. The second-order valence-electron chi connectivity index (χ2n) is 5.77. The van der Waals surface area contributed by atoms with Gasteiger partial charge in [0.05, 0.1) is 0 Å². The molecule has 114 valence electrons. The van der Waals surface area contributed by atoms with Gasteiger partial charge in [0.2, 0.25) is 5.91 Å². The van der Waals surface area contributed by atoms with Crippen LogP contribution in [-0.4, -0.2) is 19.0 Å². The Kier molecular flexibility index (Phi) is 4.00. The topological polar surface area (TPSA) is 72.3 Å². The normalized spacial score (nSPS) is 15.7. The zero-order valence-electron chi connectivity index (χ0n) is 12.5. The molecule has 0 unspecified atom stereocenters. The highest BCUT2D eigenvalue weighted by atomic mass is 16.1. The van der Waals surface area contributed by atoms with Crippen LogP contribution in [-0.2, 0) is 0 Å². The molecule has 1 fully saturated rings. The first kappa shape index (κ1) is 14.4. The molecular formula is C18H21N3O. The van der Waals surface area contributed by atoms with E-state index in [0.29, 0.717) is 17.2 Å². The van der Waals surface area contributed by atoms with Crippen molar-refractivity contribution in [3.63, 3.8) is 0 Å². The van der Waals surface area contributed by atoms with E-state index in [2.05, 4.69) is 29.2 Å². The molecule has 0 bridgehead atoms. The number of carbonyl (C=O) groups is 1. The number of amides is 1. The molecule has 0 aromatic heterocycles. The molecule has 0 aliphatic carbocycles. The zero-order valence-corrected chi connectivity index (χ0v) is 12.5. The minimum Gasteiger partial charge on any atom is -0.398 e. The summed E-state index contributed by atoms with van der Waals surface area (Å²) in [5.41, 5.74) is 15.0. The van der Waals surface area contributed by atoms with Gasteiger partial charge >= 0.3 is 0 Å². The summed E-state index contributed by atoms with van der Waals surface area (Å²) >= 11 is 0. The Balaban J connectivity index is 1.79. The molecule has 2 aromatic carbocycles. The van der Waals surface area contributed by atoms with Crippen LogP contribution in [0.25, 0.3) is 0 Å². The predicted octanol–water partition coefficient (Wildman–Crippen LogP) is 2.75. The molecule has 2 aromatic rings. The summed E-state index contributed by atoms with van der Waals surface area (Å²) in [7, 11) is 0. The molecule has 1 saturated heterocycles. The van der Waals surface area contributed by atoms with Gasteiger partial charge in [-0.2, -0.15) is 0 Å². The fraction of sp³-hybridized carbons (Fsp3) is 0.278. The van der Waals surface area contributed by atoms with Crippen LogP contribution in [0.15, 0.2) is 48.5 Å². The number of anilines is 2. The van der Waals surface area contributed by atoms with Crippen LogP contribution in [0, 0.1) is 0 Å². The number of hydrogen-bond donors (Lipinski definition) is 2. The molecule has 4 nitrogen and oxygen atoms in total. The summed E-state index contributed by atoms with van der Waals surface area (Å²) in [6.07, 6.45) is 1.95. The number of primary amides is 1. The van der Waals surface area contributed by atoms with Crippen LogP contribution in [0.5, 0.6) is 0 Å². The predicted molar refractivity (Wildman–Crippen MR) is 90.0 cm³/mol. The lowest BCUT2D eigenvalue weighted by molar-refractivity contribution is 0.0999. The van der Waals surface area contributed by atoms with Gasteiger partial charge < -0.3 is 16.4 Å². The Hall–Kier alpha value is -2.49. The van der Waals surface area contributed by atoms with Crippen molar-refractivity contribution in [2.24, 2.45) is 5.73 Å². The van der Waals surface area contributed by atoms with E-state index in [0.717, 1.165) is 31.5 Å². The van der Waals surface area contributed by atoms with Crippen molar-refractivity contribution in [1.82, 2.24) is 0 Å². The average Bonchev–Trinajstić information content (AvgIpc) is 2.55. The van der Waals surface area contributed by atoms with Gasteiger partial charge in [0, 0.05) is 30.0 Å². The van der Waals surface area contributed by atoms with Crippen molar-refractivity contribution in [2.45, 2.75) is 18.8 Å². The summed E-state index contributed by atoms with van der Waals surface area (Å²) in [4.78, 5) is 14.0. The highest BCUT2D eigenvalue weighted by Crippen LogP contribution is 2.35. The maximum absolute atomic E-state index is 11.7. The summed E-state index contributed by atoms with van der Waals surface area (Å²) in [6.45, 7) is 1.92. The van der Waals surface area contributed by atoms with Crippen LogP contribution in [0.3, 0.4) is 0 Å². The molecule has 4 heteroatoms. The molecule has 4 N–H and O–H groups in total. The quantitative estimate of drug-likeness (QED) is 0.855. The van der Waals surface area contributed by atoms with Gasteiger partial charge in [0.1, 0.15) is 0 Å². The minimum absolute atomic E-state index is 0.295. The second kappa shape index (κ2) is 6.10. The van der Waals surface area contributed by atoms with Gasteiger partial charge in [-0.3, -0.25) is 4.79 Å². The molecule has 22 heavy (non-hydrogen) atoms. The van der Waals surface area contributed by atoms with Crippen LogP contribution in [0.4, 0.5) is 11.4 Å². The lowest BCUT2D eigenvalue weighted by atomic mass is 9.85. The zero-order chi connectivity index (χ0) is 15.5. The summed E-state index contributed by atoms with van der Waals surface area (Å²) in [6, 6.07) is 15.8. The third-order valence-corrected chi connectivity index (χ3v) is 4.43. The molecule has 0 atom stereocenters. The van der Waals surface area contributed by atoms with E-state index >= 15 is 0 Å². The molecule has 0 radical (unpaired) electrons. The van der Waals surface area contributed by atoms with E-state index in [9.17, 15) is 4.79 Å². The molecule has 3 rings (SSSR count). The van der Waals surface area contributed by atoms with Gasteiger partial charge in [-0.05, 0) is 48.6 Å². The Morgan fingerprint density at radius 1 is 1.00 bits per heavy atom. The summed E-state index contributed by atoms with van der Waals surface area (Å²) < 4.78 is 0. The lowest BCUT2D eigenvalue weighted by Gasteiger charge is -2.34. The monoisotopic (exact) mass is 295 g/mol. The van der Waals surface area contributed by atoms with Gasteiger partial charge in [0.25, 0.3) is 0 Å². The number of nitrogens with zero attached hydrogens (tertiary/aromatic N) is 1. The van der Waals surface area contributed by atoms with Gasteiger partial charge in [-0.25, -0.2) is 0 Å². The van der Waals surface area contributed by atoms with Crippen molar-refractivity contribution in [2.75, 3.05) is 23.7 Å². The summed E-state index contributed by atoms with van der Waals surface area (Å²) in [5.74, 6) is -0.101. The number of nitrogen functional groups attached to an aromatic ring is 1. The number of piperidine rings is 1. The Morgan fingerprint density at radius 2 is 1.68 bits per heavy atom. The van der Waals surface area contributed by atoms with Crippen molar-refractivity contribution < 1.29 is 4.79 Å². The third kappa shape index (κ3) is 2.77. The molecular weight excluding hydrogens is 274 g/mol. The lowest BCUT2D eigenvalue weighted by Crippen LogP contribution is -2.33. The molecule has 1 heterocycles. The van der Waals surface area contributed by atoms with Crippen molar-refractivity contribution in [3.8, 4) is 0 Å². The second-order valence-corrected chi connectivity index (χ2v) is 5.77. The van der Waals surface area contributed by atoms with E-state index in [4.69, 9.17) is 11.5 Å². The maximum Gasteiger partial charge on any atom is 0.249 e. The highest BCUT2D eigenvalue weighted by Gasteiger charge is 2.25. The number of para-hydroxylation sites is 1. The standard InChI is InChI=1S/C18H21N3O/c19-16-8-4-7-15(18(20)22)17(16)13-9-11-21(12-10-13)14-5-2-1-3-6-14/h1-8,13H,9-12,19H2,(H2,20,22). The Morgan fingerprint density at radius 3 is 2.32 bits per heavy atom. The van der Waals surface area contributed by atoms with E-state index in [1.165, 1.54) is 5.69 Å². The number of hydrogen-bond acceptors (Lipinski definition) is 3. The van der Waals surface area contributed by atoms with Gasteiger partial charge in [-0.15, -0.1) is 0 Å². The first-order valence-electron chi connectivity index (χ1n) is 7.65. The van der Waals surface area contributed by atoms with Crippen molar-refractivity contribution in [1.29, 1.82) is 0 Å². The van der Waals surface area contributed by atoms with Crippen molar-refractivity contribution in [3.05, 3.63) is 59.7 Å². The SMILES string of the molecule is NC(=O)c1cccc(N)c1C1CCN(c2ccccc2)CC1. The van der Waals surface area contributed by atoms with Gasteiger partial charge in [0.15, 0.2) is 0 Å². The van der Waals surface area contributed by atoms with Crippen LogP contribution in [0.2, 0.25) is 0 Å². The van der Waals surface area contributed by atoms with Crippen molar-refractivity contribution >= 4 is 17.3 Å². The average molecular weight is 295 g/mol. The number of carbonyl (C=O) groups excluding carboxylic acids is 1. The molecule has 0 spiro atoms. The van der Waals surface area contributed by atoms with E-state index in [1.54, 1.807) is 12.1 Å². The maximum atomic E-state index is 11.7. The smallest absolute Gasteiger partial charge is 0.249 e. The van der Waals surface area contributed by atoms with E-state index < -0.39 is 5.91 Å². The first-order chi connectivity index (χ1) is 10.7. The number of rotatable bonds is 3. The fourth-order valence-electron chi connectivity index (χ4n) is 3.32. The first-order valence-corrected chi connectivity index (χ1v) is 7.65. The Bertz CT molecular complexity index is 661. The highest BCUT2D eigenvalue weighted by molar-refractivity contribution is 5.96. The number of benzene rings is 2. The van der Waals surface area contributed by atoms with Crippen LogP contribution < -0.4 is 16.4 Å². The number of nitrogens with two attached hydrogens (primary N) is 2. The largest absolute Gasteiger partial charge is 0.398 e. The molecule has 1 amide bonds. The Labute approximate surface area is 130 Å². The van der Waals surface area contributed by atoms with E-state index in [-0.39, 0.29) is 0 Å². The fourth-order valence-corrected chi connectivity index (χ4v) is 3.32. The van der Waals surface area contributed by atoms with Gasteiger partial charge in [-0.1, -0.05) is 24.3 Å². The molecule has 1 aliphatic rings. The molecule has 1 aliphatic heterocycles. The third-order valence-electron chi connectivity index (χ3n) is 4.43. The van der Waals surface area contributed by atoms with Crippen LogP contribution >= 0.6 is 0 Å². The molecule has 0 saturated carbocycles. The van der Waals surface area contributed by atoms with Crippen LogP contribution in [0.1, 0.15) is 34.7 Å². The van der Waals surface area contributed by atoms with E-state index in [1.807, 2.05) is 12.1 Å². The minimum atomic E-state index is -0.396.